The molecule has 9 heteroatoms. The molecule has 1 fully saturated rings. The third-order valence-corrected chi connectivity index (χ3v) is 6.95. The lowest BCUT2D eigenvalue weighted by Gasteiger charge is -2.34. The molecular weight excluding hydrogens is 506 g/mol. The van der Waals surface area contributed by atoms with Crippen LogP contribution >= 0.6 is 11.6 Å². The van der Waals surface area contributed by atoms with E-state index in [2.05, 4.69) is 33.5 Å². The molecule has 2 aromatic carbocycles. The molecule has 2 heterocycles. The Balaban J connectivity index is 1.37. The molecule has 3 aromatic rings. The molecule has 1 aliphatic heterocycles. The molecule has 0 N–H and O–H groups in total. The summed E-state index contributed by atoms with van der Waals surface area (Å²) in [5, 5.41) is 0.637. The summed E-state index contributed by atoms with van der Waals surface area (Å²) in [6.07, 6.45) is 5.66. The Labute approximate surface area is 230 Å². The molecule has 1 unspecified atom stereocenters. The van der Waals surface area contributed by atoms with E-state index in [4.69, 9.17) is 35.3 Å². The van der Waals surface area contributed by atoms with Crippen LogP contribution in [-0.2, 0) is 29.0 Å². The van der Waals surface area contributed by atoms with Crippen molar-refractivity contribution in [3.05, 3.63) is 71.3 Å². The van der Waals surface area contributed by atoms with Gasteiger partial charge in [-0.3, -0.25) is 4.90 Å². The van der Waals surface area contributed by atoms with E-state index < -0.39 is 5.60 Å². The van der Waals surface area contributed by atoms with Crippen molar-refractivity contribution in [3.8, 4) is 17.2 Å². The van der Waals surface area contributed by atoms with Crippen molar-refractivity contribution < 1.29 is 23.7 Å². The molecule has 1 atom stereocenters. The zero-order valence-corrected chi connectivity index (χ0v) is 23.3. The van der Waals surface area contributed by atoms with E-state index in [1.807, 2.05) is 36.7 Å². The van der Waals surface area contributed by atoms with Gasteiger partial charge in [-0.2, -0.15) is 0 Å². The minimum Gasteiger partial charge on any atom is -0.493 e. The van der Waals surface area contributed by atoms with Crippen LogP contribution in [-0.4, -0.2) is 73.8 Å². The topological polar surface area (TPSA) is 67.2 Å². The van der Waals surface area contributed by atoms with E-state index in [1.165, 1.54) is 0 Å². The van der Waals surface area contributed by atoms with Crippen molar-refractivity contribution in [1.29, 1.82) is 0 Å². The standard InChI is InChI=1S/C29H38ClN3O5/c1-4-28-31-11-13-33(28)12-6-15-37-27-17-23(9-10-26(27)34-2)19-32-14-16-36-21-29(20-32,35-3)22-38-25-8-5-7-24(30)18-25/h5,7-11,13,17-18H,4,6,12,14-16,19-22H2,1-3H3. The number of aromatic nitrogens is 2. The third-order valence-electron chi connectivity index (χ3n) is 6.71. The van der Waals surface area contributed by atoms with E-state index in [0.29, 0.717) is 43.7 Å². The summed E-state index contributed by atoms with van der Waals surface area (Å²) in [4.78, 5) is 6.71. The summed E-state index contributed by atoms with van der Waals surface area (Å²) in [5.41, 5.74) is 0.529. The number of benzene rings is 2. The lowest BCUT2D eigenvalue weighted by molar-refractivity contribution is -0.0925. The Morgan fingerprint density at radius 1 is 1.11 bits per heavy atom. The van der Waals surface area contributed by atoms with Gasteiger partial charge in [0.15, 0.2) is 11.5 Å². The number of nitrogens with zero attached hydrogens (tertiary/aromatic N) is 3. The number of aryl methyl sites for hydroxylation is 2. The van der Waals surface area contributed by atoms with Crippen LogP contribution in [0, 0.1) is 0 Å². The molecule has 0 amide bonds. The lowest BCUT2D eigenvalue weighted by atomic mass is 10.1. The Morgan fingerprint density at radius 3 is 2.79 bits per heavy atom. The van der Waals surface area contributed by atoms with Gasteiger partial charge in [0.25, 0.3) is 0 Å². The summed E-state index contributed by atoms with van der Waals surface area (Å²) in [5.74, 6) is 3.28. The molecule has 0 saturated carbocycles. The fraction of sp³-hybridized carbons (Fsp3) is 0.483. The maximum absolute atomic E-state index is 6.16. The van der Waals surface area contributed by atoms with Gasteiger partial charge in [-0.1, -0.05) is 30.7 Å². The summed E-state index contributed by atoms with van der Waals surface area (Å²) in [6.45, 7) is 7.18. The van der Waals surface area contributed by atoms with Gasteiger partial charge < -0.3 is 28.3 Å². The van der Waals surface area contributed by atoms with Crippen molar-refractivity contribution >= 4 is 11.6 Å². The van der Waals surface area contributed by atoms with Gasteiger partial charge in [0.05, 0.1) is 26.9 Å². The first-order chi connectivity index (χ1) is 18.5. The van der Waals surface area contributed by atoms with Gasteiger partial charge in [0, 0.05) is 57.1 Å². The van der Waals surface area contributed by atoms with Crippen LogP contribution in [0.25, 0.3) is 0 Å². The first-order valence-corrected chi connectivity index (χ1v) is 13.5. The number of ether oxygens (including phenoxy) is 5. The van der Waals surface area contributed by atoms with Crippen LogP contribution in [0.5, 0.6) is 17.2 Å². The molecule has 8 nitrogen and oxygen atoms in total. The average molecular weight is 544 g/mol. The van der Waals surface area contributed by atoms with Crippen LogP contribution < -0.4 is 14.2 Å². The van der Waals surface area contributed by atoms with E-state index in [-0.39, 0.29) is 0 Å². The molecule has 4 rings (SSSR count). The number of hydrogen-bond donors (Lipinski definition) is 0. The number of hydrogen-bond acceptors (Lipinski definition) is 7. The first kappa shape index (κ1) is 28.2. The first-order valence-electron chi connectivity index (χ1n) is 13.1. The molecular formula is C29H38ClN3O5. The normalized spacial score (nSPS) is 18.2. The number of halogens is 1. The largest absolute Gasteiger partial charge is 0.493 e. The van der Waals surface area contributed by atoms with Gasteiger partial charge >= 0.3 is 0 Å². The van der Waals surface area contributed by atoms with Crippen molar-refractivity contribution in [2.45, 2.75) is 38.5 Å². The SMILES string of the molecule is CCc1nccn1CCCOc1cc(CN2CCOCC(COc3cccc(Cl)c3)(OC)C2)ccc1OC. The number of methoxy groups -OCH3 is 2. The predicted molar refractivity (Wildman–Crippen MR) is 147 cm³/mol. The molecule has 1 aliphatic rings. The van der Waals surface area contributed by atoms with Crippen LogP contribution in [0.3, 0.4) is 0 Å². The molecule has 0 radical (unpaired) electrons. The molecule has 0 spiro atoms. The number of imidazole rings is 1. The maximum Gasteiger partial charge on any atom is 0.161 e. The Hall–Kier alpha value is -2.78. The van der Waals surface area contributed by atoms with Gasteiger partial charge in [0.2, 0.25) is 0 Å². The molecule has 206 valence electrons. The zero-order chi connectivity index (χ0) is 26.8. The second-order valence-electron chi connectivity index (χ2n) is 9.47. The van der Waals surface area contributed by atoms with Crippen molar-refractivity contribution in [2.24, 2.45) is 0 Å². The summed E-state index contributed by atoms with van der Waals surface area (Å²) < 4.78 is 31.9. The van der Waals surface area contributed by atoms with Gasteiger partial charge in [0.1, 0.15) is 23.8 Å². The molecule has 38 heavy (non-hydrogen) atoms. The van der Waals surface area contributed by atoms with Crippen LogP contribution in [0.1, 0.15) is 24.7 Å². The van der Waals surface area contributed by atoms with Gasteiger partial charge in [-0.15, -0.1) is 0 Å². The second-order valence-corrected chi connectivity index (χ2v) is 9.91. The molecule has 0 bridgehead atoms. The van der Waals surface area contributed by atoms with E-state index in [9.17, 15) is 0 Å². The van der Waals surface area contributed by atoms with E-state index >= 15 is 0 Å². The third kappa shape index (κ3) is 7.63. The highest BCUT2D eigenvalue weighted by Crippen LogP contribution is 2.30. The highest BCUT2D eigenvalue weighted by molar-refractivity contribution is 6.30. The summed E-state index contributed by atoms with van der Waals surface area (Å²) in [7, 11) is 3.38. The van der Waals surface area contributed by atoms with Gasteiger partial charge in [-0.05, 0) is 42.3 Å². The molecule has 0 aliphatic carbocycles. The number of rotatable bonds is 13. The van der Waals surface area contributed by atoms with Crippen LogP contribution in [0.2, 0.25) is 5.02 Å². The monoisotopic (exact) mass is 543 g/mol. The van der Waals surface area contributed by atoms with Crippen molar-refractivity contribution in [1.82, 2.24) is 14.5 Å². The smallest absolute Gasteiger partial charge is 0.161 e. The van der Waals surface area contributed by atoms with E-state index in [1.54, 1.807) is 20.3 Å². The van der Waals surface area contributed by atoms with Crippen molar-refractivity contribution in [2.75, 3.05) is 53.7 Å². The fourth-order valence-electron chi connectivity index (χ4n) is 4.63. The summed E-state index contributed by atoms with van der Waals surface area (Å²) >= 11 is 6.12. The zero-order valence-electron chi connectivity index (χ0n) is 22.5. The van der Waals surface area contributed by atoms with Gasteiger partial charge in [-0.25, -0.2) is 4.98 Å². The van der Waals surface area contributed by atoms with Crippen LogP contribution in [0.4, 0.5) is 0 Å². The Bertz CT molecular complexity index is 1160. The average Bonchev–Trinajstić information content (AvgIpc) is 3.29. The predicted octanol–water partition coefficient (Wildman–Crippen LogP) is 4.87. The quantitative estimate of drug-likeness (QED) is 0.285. The van der Waals surface area contributed by atoms with Crippen LogP contribution in [0.15, 0.2) is 54.9 Å². The Morgan fingerprint density at radius 2 is 2.00 bits per heavy atom. The fourth-order valence-corrected chi connectivity index (χ4v) is 4.81. The molecule has 1 aromatic heterocycles. The highest BCUT2D eigenvalue weighted by atomic mass is 35.5. The van der Waals surface area contributed by atoms with Crippen molar-refractivity contribution in [3.63, 3.8) is 0 Å². The minimum absolute atomic E-state index is 0.355. The minimum atomic E-state index is -0.602. The molecule has 1 saturated heterocycles. The maximum atomic E-state index is 6.16. The lowest BCUT2D eigenvalue weighted by Crippen LogP contribution is -2.50. The highest BCUT2D eigenvalue weighted by Gasteiger charge is 2.36. The summed E-state index contributed by atoms with van der Waals surface area (Å²) in [6, 6.07) is 13.5. The van der Waals surface area contributed by atoms with E-state index in [0.717, 1.165) is 55.4 Å². The Kier molecular flexibility index (Phi) is 10.3. The second kappa shape index (κ2) is 13.8.